The van der Waals surface area contributed by atoms with Crippen molar-refractivity contribution in [2.75, 3.05) is 6.61 Å². The van der Waals surface area contributed by atoms with E-state index in [9.17, 15) is 18.9 Å². The maximum Gasteiger partial charge on any atom is 0.269 e. The van der Waals surface area contributed by atoms with Crippen LogP contribution >= 0.6 is 11.8 Å². The number of nitro groups is 1. The fourth-order valence-corrected chi connectivity index (χ4v) is 2.47. The molecule has 4 nitrogen and oxygen atoms in total. The van der Waals surface area contributed by atoms with E-state index >= 15 is 0 Å². The normalized spacial score (nSPS) is 12.7. The molecule has 18 heavy (non-hydrogen) atoms. The zero-order valence-electron chi connectivity index (χ0n) is 9.68. The molecule has 0 heterocycles. The Morgan fingerprint density at radius 2 is 2.17 bits per heavy atom. The molecule has 0 aromatic heterocycles. The second kappa shape index (κ2) is 6.65. The highest BCUT2D eigenvalue weighted by atomic mass is 32.2. The lowest BCUT2D eigenvalue weighted by Crippen LogP contribution is -2.01. The van der Waals surface area contributed by atoms with Gasteiger partial charge in [-0.25, -0.2) is 8.78 Å². The van der Waals surface area contributed by atoms with Crippen molar-refractivity contribution in [1.29, 1.82) is 0 Å². The van der Waals surface area contributed by atoms with E-state index in [0.717, 1.165) is 6.07 Å². The molecule has 0 radical (unpaired) electrons. The number of hydrogen-bond acceptors (Lipinski definition) is 4. The number of alkyl halides is 2. The van der Waals surface area contributed by atoms with Gasteiger partial charge in [0.05, 0.1) is 4.92 Å². The molecule has 1 unspecified atom stereocenters. The van der Waals surface area contributed by atoms with E-state index in [1.165, 1.54) is 23.9 Å². The largest absolute Gasteiger partial charge is 0.396 e. The summed E-state index contributed by atoms with van der Waals surface area (Å²) < 4.78 is 25.6. The van der Waals surface area contributed by atoms with Crippen LogP contribution in [0.2, 0.25) is 0 Å². The van der Waals surface area contributed by atoms with E-state index in [0.29, 0.717) is 11.3 Å². The average Bonchev–Trinajstić information content (AvgIpc) is 2.29. The van der Waals surface area contributed by atoms with Gasteiger partial charge in [0.2, 0.25) is 0 Å². The predicted molar refractivity (Wildman–Crippen MR) is 65.1 cm³/mol. The maximum absolute atomic E-state index is 12.8. The van der Waals surface area contributed by atoms with E-state index in [1.807, 2.05) is 0 Å². The minimum absolute atomic E-state index is 0.0227. The van der Waals surface area contributed by atoms with Crippen molar-refractivity contribution in [3.8, 4) is 0 Å². The second-order valence-corrected chi connectivity index (χ2v) is 5.20. The number of thioether (sulfide) groups is 1. The van der Waals surface area contributed by atoms with Crippen LogP contribution in [0.3, 0.4) is 0 Å². The fraction of sp³-hybridized carbons (Fsp3) is 0.455. The molecule has 0 bridgehead atoms. The molecule has 0 amide bonds. The first-order valence-corrected chi connectivity index (χ1v) is 6.17. The van der Waals surface area contributed by atoms with Gasteiger partial charge in [-0.1, -0.05) is 6.92 Å². The smallest absolute Gasteiger partial charge is 0.269 e. The van der Waals surface area contributed by atoms with Crippen LogP contribution in [0.25, 0.3) is 0 Å². The molecule has 1 atom stereocenters. The number of aliphatic hydroxyl groups is 1. The Kier molecular flexibility index (Phi) is 5.49. The van der Waals surface area contributed by atoms with Gasteiger partial charge < -0.3 is 5.11 Å². The van der Waals surface area contributed by atoms with Gasteiger partial charge in [-0.3, -0.25) is 10.1 Å². The Morgan fingerprint density at radius 1 is 1.50 bits per heavy atom. The van der Waals surface area contributed by atoms with E-state index in [2.05, 4.69) is 0 Å². The summed E-state index contributed by atoms with van der Waals surface area (Å²) in [6.07, 6.45) is -2.28. The average molecular weight is 277 g/mol. The first-order chi connectivity index (χ1) is 8.45. The fourth-order valence-electron chi connectivity index (χ4n) is 1.38. The second-order valence-electron chi connectivity index (χ2n) is 3.72. The van der Waals surface area contributed by atoms with Crippen molar-refractivity contribution in [2.24, 2.45) is 0 Å². The molecule has 1 N–H and O–H groups in total. The summed E-state index contributed by atoms with van der Waals surface area (Å²) in [4.78, 5) is 10.2. The molecule has 7 heteroatoms. The van der Waals surface area contributed by atoms with Crippen LogP contribution in [0, 0.1) is 10.1 Å². The minimum atomic E-state index is -2.76. The highest BCUT2D eigenvalue weighted by Crippen LogP contribution is 2.35. The van der Waals surface area contributed by atoms with Gasteiger partial charge in [0, 0.05) is 34.4 Å². The Morgan fingerprint density at radius 3 is 2.67 bits per heavy atom. The lowest BCUT2D eigenvalue weighted by molar-refractivity contribution is -0.385. The maximum atomic E-state index is 12.8. The van der Waals surface area contributed by atoms with Gasteiger partial charge >= 0.3 is 0 Å². The van der Waals surface area contributed by atoms with Gasteiger partial charge in [0.1, 0.15) is 0 Å². The lowest BCUT2D eigenvalue weighted by atomic mass is 10.2. The third kappa shape index (κ3) is 3.92. The number of benzene rings is 1. The number of halogens is 2. The molecule has 0 aliphatic rings. The number of hydrogen-bond donors (Lipinski definition) is 1. The van der Waals surface area contributed by atoms with Crippen molar-refractivity contribution in [1.82, 2.24) is 0 Å². The molecule has 0 saturated carbocycles. The molecular weight excluding hydrogens is 264 g/mol. The van der Waals surface area contributed by atoms with Crippen LogP contribution in [0.5, 0.6) is 0 Å². The molecule has 0 fully saturated rings. The van der Waals surface area contributed by atoms with Crippen LogP contribution in [-0.4, -0.2) is 21.9 Å². The van der Waals surface area contributed by atoms with E-state index in [4.69, 9.17) is 5.11 Å². The van der Waals surface area contributed by atoms with Gasteiger partial charge in [0.15, 0.2) is 0 Å². The minimum Gasteiger partial charge on any atom is -0.396 e. The van der Waals surface area contributed by atoms with E-state index in [-0.39, 0.29) is 23.1 Å². The molecule has 100 valence electrons. The van der Waals surface area contributed by atoms with E-state index in [1.54, 1.807) is 6.92 Å². The molecule has 0 aliphatic heterocycles. The predicted octanol–water partition coefficient (Wildman–Crippen LogP) is 3.40. The summed E-state index contributed by atoms with van der Waals surface area (Å²) in [7, 11) is 0. The number of nitro benzene ring substituents is 1. The number of non-ortho nitro benzene ring substituents is 1. The third-order valence-electron chi connectivity index (χ3n) is 2.30. The van der Waals surface area contributed by atoms with Crippen molar-refractivity contribution < 1.29 is 18.8 Å². The highest BCUT2D eigenvalue weighted by molar-refractivity contribution is 8.00. The topological polar surface area (TPSA) is 63.4 Å². The molecule has 1 aromatic rings. The number of nitrogens with zero attached hydrogens (tertiary/aromatic N) is 1. The van der Waals surface area contributed by atoms with Gasteiger partial charge in [-0.2, -0.15) is 0 Å². The summed E-state index contributed by atoms with van der Waals surface area (Å²) >= 11 is 1.18. The summed E-state index contributed by atoms with van der Waals surface area (Å²) in [5.41, 5.74) is -0.677. The molecule has 1 rings (SSSR count). The summed E-state index contributed by atoms with van der Waals surface area (Å²) in [5.74, 6) is 0. The Hall–Kier alpha value is -1.21. The van der Waals surface area contributed by atoms with Crippen LogP contribution in [0.1, 0.15) is 25.3 Å². The van der Waals surface area contributed by atoms with Crippen molar-refractivity contribution in [2.45, 2.75) is 29.9 Å². The Balaban J connectivity index is 3.00. The molecule has 1 aromatic carbocycles. The zero-order valence-corrected chi connectivity index (χ0v) is 10.5. The van der Waals surface area contributed by atoms with Crippen LogP contribution in [0.15, 0.2) is 23.1 Å². The van der Waals surface area contributed by atoms with Crippen LogP contribution < -0.4 is 0 Å². The lowest BCUT2D eigenvalue weighted by Gasteiger charge is -2.13. The number of rotatable bonds is 6. The first-order valence-electron chi connectivity index (χ1n) is 5.29. The highest BCUT2D eigenvalue weighted by Gasteiger charge is 2.19. The SMILES string of the molecule is CC(CCO)Sc1ccc([N+](=O)[O-])cc1C(F)F. The number of aliphatic hydroxyl groups excluding tert-OH is 1. The Bertz CT molecular complexity index is 429. The van der Waals surface area contributed by atoms with Crippen molar-refractivity contribution in [3.05, 3.63) is 33.9 Å². The summed E-state index contributed by atoms with van der Waals surface area (Å²) in [6.45, 7) is 1.78. The third-order valence-corrected chi connectivity index (χ3v) is 3.57. The molecule has 0 aliphatic carbocycles. The Labute approximate surface area is 107 Å². The first kappa shape index (κ1) is 14.8. The zero-order chi connectivity index (χ0) is 13.7. The molecule has 0 saturated heterocycles. The van der Waals surface area contributed by atoms with Gasteiger partial charge in [-0.15, -0.1) is 11.8 Å². The monoisotopic (exact) mass is 277 g/mol. The van der Waals surface area contributed by atoms with Crippen molar-refractivity contribution in [3.63, 3.8) is 0 Å². The van der Waals surface area contributed by atoms with Crippen LogP contribution in [0.4, 0.5) is 14.5 Å². The van der Waals surface area contributed by atoms with Gasteiger partial charge in [0.25, 0.3) is 12.1 Å². The molecular formula is C11H13F2NO3S. The van der Waals surface area contributed by atoms with Gasteiger partial charge in [-0.05, 0) is 12.5 Å². The quantitative estimate of drug-likeness (QED) is 0.492. The summed E-state index contributed by atoms with van der Waals surface area (Å²) in [6, 6.07) is 3.44. The molecule has 0 spiro atoms. The van der Waals surface area contributed by atoms with E-state index < -0.39 is 11.3 Å². The standard InChI is InChI=1S/C11H13F2NO3S/c1-7(4-5-15)18-10-3-2-8(14(16)17)6-9(10)11(12)13/h2-3,6-7,11,15H,4-5H2,1H3. The summed E-state index contributed by atoms with van der Waals surface area (Å²) in [5, 5.41) is 19.3. The van der Waals surface area contributed by atoms with Crippen molar-refractivity contribution >= 4 is 17.4 Å². The van der Waals surface area contributed by atoms with Crippen LogP contribution in [-0.2, 0) is 0 Å².